The summed E-state index contributed by atoms with van der Waals surface area (Å²) in [7, 11) is 0. The van der Waals surface area contributed by atoms with Gasteiger partial charge in [0.15, 0.2) is 0 Å². The molecule has 2 unspecified atom stereocenters. The first-order valence-corrected chi connectivity index (χ1v) is 8.17. The Morgan fingerprint density at radius 2 is 1.95 bits per heavy atom. The van der Waals surface area contributed by atoms with Crippen LogP contribution in [-0.4, -0.2) is 48.3 Å². The lowest BCUT2D eigenvalue weighted by Gasteiger charge is -2.36. The Kier molecular flexibility index (Phi) is 9.62. The van der Waals surface area contributed by atoms with E-state index in [0.717, 1.165) is 25.8 Å². The molecule has 0 rings (SSSR count). The number of ether oxygens (including phenoxy) is 1. The van der Waals surface area contributed by atoms with E-state index in [2.05, 4.69) is 31.0 Å². The number of nitrogens with two attached hydrogens (primary N) is 1. The summed E-state index contributed by atoms with van der Waals surface area (Å²) in [6, 6.07) is 0.615. The molecule has 0 aliphatic carbocycles. The quantitative estimate of drug-likeness (QED) is 0.687. The van der Waals surface area contributed by atoms with E-state index in [1.807, 2.05) is 20.8 Å². The molecule has 0 bridgehead atoms. The van der Waals surface area contributed by atoms with Gasteiger partial charge in [-0.15, -0.1) is 0 Å². The third kappa shape index (κ3) is 8.94. The minimum atomic E-state index is -0.471. The summed E-state index contributed by atoms with van der Waals surface area (Å²) in [5.41, 5.74) is 5.45. The van der Waals surface area contributed by atoms with E-state index in [0.29, 0.717) is 19.1 Å². The van der Waals surface area contributed by atoms with E-state index in [9.17, 15) is 4.79 Å². The van der Waals surface area contributed by atoms with Crippen molar-refractivity contribution < 1.29 is 9.53 Å². The van der Waals surface area contributed by atoms with Crippen LogP contribution in [0.25, 0.3) is 0 Å². The number of amides is 1. The predicted octanol–water partition coefficient (Wildman–Crippen LogP) is 2.74. The second-order valence-corrected chi connectivity index (χ2v) is 6.62. The molecule has 1 amide bonds. The van der Waals surface area contributed by atoms with Crippen LogP contribution in [0.5, 0.6) is 0 Å². The van der Waals surface area contributed by atoms with Gasteiger partial charge in [0.1, 0.15) is 5.60 Å². The zero-order valence-electron chi connectivity index (χ0n) is 14.7. The molecule has 126 valence electrons. The second kappa shape index (κ2) is 10.0. The number of rotatable bonds is 9. The van der Waals surface area contributed by atoms with Gasteiger partial charge in [-0.1, -0.05) is 20.3 Å². The van der Waals surface area contributed by atoms with Crippen molar-refractivity contribution in [1.29, 1.82) is 0 Å². The highest BCUT2D eigenvalue weighted by Gasteiger charge is 2.23. The second-order valence-electron chi connectivity index (χ2n) is 6.62. The molecule has 0 fully saturated rings. The Balaban J connectivity index is 4.52. The van der Waals surface area contributed by atoms with Crippen LogP contribution in [0.15, 0.2) is 0 Å². The number of nitrogens with one attached hydrogen (secondary N) is 1. The van der Waals surface area contributed by atoms with Crippen LogP contribution < -0.4 is 11.1 Å². The Morgan fingerprint density at radius 3 is 2.38 bits per heavy atom. The highest BCUT2D eigenvalue weighted by molar-refractivity contribution is 5.67. The average molecular weight is 301 g/mol. The predicted molar refractivity (Wildman–Crippen MR) is 88.4 cm³/mol. The summed E-state index contributed by atoms with van der Waals surface area (Å²) in [6.45, 7) is 14.2. The number of hydrogen-bond donors (Lipinski definition) is 2. The molecular formula is C16H35N3O2. The Morgan fingerprint density at radius 1 is 1.33 bits per heavy atom. The molecule has 0 aromatic carbocycles. The standard InChI is InChI=1S/C16H35N3O2/c1-7-9-10-19(13(3)8-2)14(11-17)12-18-15(20)21-16(4,5)6/h13-14H,7-12,17H2,1-6H3,(H,18,20). The third-order valence-corrected chi connectivity index (χ3v) is 3.55. The van der Waals surface area contributed by atoms with Gasteiger partial charge in [0, 0.05) is 25.2 Å². The summed E-state index contributed by atoms with van der Waals surface area (Å²) >= 11 is 0. The molecule has 0 saturated carbocycles. The lowest BCUT2D eigenvalue weighted by molar-refractivity contribution is 0.0496. The number of nitrogens with zero attached hydrogens (tertiary/aromatic N) is 1. The van der Waals surface area contributed by atoms with Crippen LogP contribution >= 0.6 is 0 Å². The normalized spacial score (nSPS) is 14.9. The maximum absolute atomic E-state index is 11.8. The molecule has 0 aromatic rings. The number of unbranched alkanes of at least 4 members (excludes halogenated alkanes) is 1. The summed E-state index contributed by atoms with van der Waals surface area (Å²) in [5, 5.41) is 2.84. The van der Waals surface area contributed by atoms with Crippen LogP contribution in [0.4, 0.5) is 4.79 Å². The highest BCUT2D eigenvalue weighted by Crippen LogP contribution is 2.11. The molecular weight excluding hydrogens is 266 g/mol. The van der Waals surface area contributed by atoms with Crippen LogP contribution in [-0.2, 0) is 4.74 Å². The molecule has 0 aliphatic heterocycles. The van der Waals surface area contributed by atoms with Crippen molar-refractivity contribution in [3.05, 3.63) is 0 Å². The molecule has 0 saturated heterocycles. The zero-order chi connectivity index (χ0) is 16.5. The maximum Gasteiger partial charge on any atom is 0.407 e. The molecule has 2 atom stereocenters. The topological polar surface area (TPSA) is 67.6 Å². The van der Waals surface area contributed by atoms with Crippen molar-refractivity contribution >= 4 is 6.09 Å². The SMILES string of the molecule is CCCCN(C(C)CC)C(CN)CNC(=O)OC(C)(C)C. The van der Waals surface area contributed by atoms with Crippen molar-refractivity contribution in [3.8, 4) is 0 Å². The summed E-state index contributed by atoms with van der Waals surface area (Å²) in [6.07, 6.45) is 3.00. The van der Waals surface area contributed by atoms with Gasteiger partial charge in [-0.2, -0.15) is 0 Å². The highest BCUT2D eigenvalue weighted by atomic mass is 16.6. The van der Waals surface area contributed by atoms with Crippen LogP contribution in [0.1, 0.15) is 60.8 Å². The van der Waals surface area contributed by atoms with Crippen LogP contribution in [0.3, 0.4) is 0 Å². The molecule has 0 spiro atoms. The van der Waals surface area contributed by atoms with Gasteiger partial charge >= 0.3 is 6.09 Å². The van der Waals surface area contributed by atoms with Crippen molar-refractivity contribution in [1.82, 2.24) is 10.2 Å². The van der Waals surface area contributed by atoms with Crippen molar-refractivity contribution in [2.45, 2.75) is 78.5 Å². The summed E-state index contributed by atoms with van der Waals surface area (Å²) in [5.74, 6) is 0. The Labute approximate surface area is 130 Å². The average Bonchev–Trinajstić information content (AvgIpc) is 2.39. The van der Waals surface area contributed by atoms with Gasteiger partial charge in [0.2, 0.25) is 0 Å². The van der Waals surface area contributed by atoms with Gasteiger partial charge in [-0.25, -0.2) is 4.79 Å². The molecule has 0 aliphatic rings. The van der Waals surface area contributed by atoms with E-state index in [1.165, 1.54) is 0 Å². The van der Waals surface area contributed by atoms with E-state index >= 15 is 0 Å². The van der Waals surface area contributed by atoms with E-state index in [4.69, 9.17) is 10.5 Å². The van der Waals surface area contributed by atoms with E-state index in [1.54, 1.807) is 0 Å². The van der Waals surface area contributed by atoms with Crippen molar-refractivity contribution in [2.75, 3.05) is 19.6 Å². The first kappa shape index (κ1) is 20.2. The number of carbonyl (C=O) groups excluding carboxylic acids is 1. The monoisotopic (exact) mass is 301 g/mol. The van der Waals surface area contributed by atoms with Gasteiger partial charge in [0.25, 0.3) is 0 Å². The molecule has 5 heteroatoms. The van der Waals surface area contributed by atoms with Crippen LogP contribution in [0.2, 0.25) is 0 Å². The first-order chi connectivity index (χ1) is 9.75. The summed E-state index contributed by atoms with van der Waals surface area (Å²) in [4.78, 5) is 14.2. The molecule has 0 aromatic heterocycles. The van der Waals surface area contributed by atoms with E-state index < -0.39 is 5.60 Å². The minimum Gasteiger partial charge on any atom is -0.444 e. The summed E-state index contributed by atoms with van der Waals surface area (Å²) < 4.78 is 5.27. The Hall–Kier alpha value is -0.810. The molecule has 0 heterocycles. The lowest BCUT2D eigenvalue weighted by atomic mass is 10.1. The molecule has 5 nitrogen and oxygen atoms in total. The van der Waals surface area contributed by atoms with Crippen LogP contribution in [0, 0.1) is 0 Å². The molecule has 21 heavy (non-hydrogen) atoms. The maximum atomic E-state index is 11.8. The number of carbonyl (C=O) groups is 1. The number of hydrogen-bond acceptors (Lipinski definition) is 4. The van der Waals surface area contributed by atoms with Crippen molar-refractivity contribution in [2.24, 2.45) is 5.73 Å². The fraction of sp³-hybridized carbons (Fsp3) is 0.938. The minimum absolute atomic E-state index is 0.152. The molecule has 3 N–H and O–H groups in total. The number of alkyl carbamates (subject to hydrolysis) is 1. The van der Waals surface area contributed by atoms with Gasteiger partial charge in [-0.3, -0.25) is 4.90 Å². The Bertz CT molecular complexity index is 290. The zero-order valence-corrected chi connectivity index (χ0v) is 14.7. The van der Waals surface area contributed by atoms with Gasteiger partial charge in [0.05, 0.1) is 0 Å². The first-order valence-electron chi connectivity index (χ1n) is 8.17. The molecule has 0 radical (unpaired) electrons. The lowest BCUT2D eigenvalue weighted by Crippen LogP contribution is -2.52. The smallest absolute Gasteiger partial charge is 0.407 e. The van der Waals surface area contributed by atoms with Gasteiger partial charge < -0.3 is 15.8 Å². The third-order valence-electron chi connectivity index (χ3n) is 3.55. The van der Waals surface area contributed by atoms with Crippen molar-refractivity contribution in [3.63, 3.8) is 0 Å². The fourth-order valence-corrected chi connectivity index (χ4v) is 2.19. The van der Waals surface area contributed by atoms with Gasteiger partial charge in [-0.05, 0) is 47.1 Å². The largest absolute Gasteiger partial charge is 0.444 e. The van der Waals surface area contributed by atoms with E-state index in [-0.39, 0.29) is 12.1 Å². The fourth-order valence-electron chi connectivity index (χ4n) is 2.19.